The van der Waals surface area contributed by atoms with E-state index in [2.05, 4.69) is 5.32 Å². The van der Waals surface area contributed by atoms with Crippen molar-refractivity contribution < 1.29 is 0 Å². The van der Waals surface area contributed by atoms with Gasteiger partial charge in [0.25, 0.3) is 0 Å². The van der Waals surface area contributed by atoms with Crippen LogP contribution in [0.5, 0.6) is 0 Å². The topological polar surface area (TPSA) is 12.0 Å². The van der Waals surface area contributed by atoms with Crippen molar-refractivity contribution in [3.05, 3.63) is 20.3 Å². The predicted molar refractivity (Wildman–Crippen MR) is 72.9 cm³/mol. The van der Waals surface area contributed by atoms with Crippen molar-refractivity contribution >= 4 is 34.5 Å². The molecule has 0 unspecified atom stereocenters. The van der Waals surface area contributed by atoms with Gasteiger partial charge in [0.1, 0.15) is 0 Å². The Kier molecular flexibility index (Phi) is 4.96. The lowest BCUT2D eigenvalue weighted by molar-refractivity contribution is 0.600. The summed E-state index contributed by atoms with van der Waals surface area (Å²) in [6.07, 6.45) is 7.56. The first-order valence-corrected chi connectivity index (χ1v) is 7.50. The lowest BCUT2D eigenvalue weighted by Crippen LogP contribution is -2.17. The van der Waals surface area contributed by atoms with Crippen LogP contribution in [0.2, 0.25) is 8.67 Å². The fourth-order valence-electron chi connectivity index (χ4n) is 1.76. The summed E-state index contributed by atoms with van der Waals surface area (Å²) >= 11 is 13.4. The minimum atomic E-state index is 0.801. The van der Waals surface area contributed by atoms with Crippen molar-refractivity contribution in [2.75, 3.05) is 6.54 Å². The number of aryl methyl sites for hydroxylation is 1. The van der Waals surface area contributed by atoms with Gasteiger partial charge in [-0.15, -0.1) is 11.3 Å². The first-order chi connectivity index (χ1) is 7.75. The highest BCUT2D eigenvalue weighted by molar-refractivity contribution is 7.20. The van der Waals surface area contributed by atoms with Gasteiger partial charge >= 0.3 is 0 Å². The SMILES string of the molecule is Clc1cc(CCCCCNC2CC2)c(Cl)s1. The molecule has 1 fully saturated rings. The Bertz CT molecular complexity index is 334. The molecule has 0 aromatic carbocycles. The zero-order valence-corrected chi connectivity index (χ0v) is 11.6. The van der Waals surface area contributed by atoms with Gasteiger partial charge in [0.05, 0.1) is 8.67 Å². The molecule has 0 spiro atoms. The lowest BCUT2D eigenvalue weighted by atomic mass is 10.1. The van der Waals surface area contributed by atoms with Crippen molar-refractivity contribution in [1.29, 1.82) is 0 Å². The molecule has 4 heteroatoms. The van der Waals surface area contributed by atoms with E-state index in [9.17, 15) is 0 Å². The highest BCUT2D eigenvalue weighted by atomic mass is 35.5. The van der Waals surface area contributed by atoms with E-state index < -0.39 is 0 Å². The van der Waals surface area contributed by atoms with Crippen LogP contribution in [-0.2, 0) is 6.42 Å². The van der Waals surface area contributed by atoms with Gasteiger partial charge in [0, 0.05) is 6.04 Å². The molecule has 1 N–H and O–H groups in total. The minimum Gasteiger partial charge on any atom is -0.314 e. The number of nitrogens with one attached hydrogen (secondary N) is 1. The van der Waals surface area contributed by atoms with Crippen LogP contribution in [0.3, 0.4) is 0 Å². The number of unbranched alkanes of at least 4 members (excludes halogenated alkanes) is 2. The second kappa shape index (κ2) is 6.25. The predicted octanol–water partition coefficient (Wildman–Crippen LogP) is 4.52. The quantitative estimate of drug-likeness (QED) is 0.723. The maximum absolute atomic E-state index is 6.06. The number of hydrogen-bond acceptors (Lipinski definition) is 2. The molecular weight excluding hydrogens is 261 g/mol. The number of halogens is 2. The average Bonchev–Trinajstić information content (AvgIpc) is 2.99. The van der Waals surface area contributed by atoms with E-state index in [4.69, 9.17) is 23.2 Å². The molecule has 0 bridgehead atoms. The third-order valence-corrected chi connectivity index (χ3v) is 4.43. The number of thiophene rings is 1. The maximum Gasteiger partial charge on any atom is 0.0976 e. The second-order valence-electron chi connectivity index (χ2n) is 4.39. The Morgan fingerprint density at radius 3 is 2.69 bits per heavy atom. The van der Waals surface area contributed by atoms with E-state index in [0.29, 0.717) is 0 Å². The lowest BCUT2D eigenvalue weighted by Gasteiger charge is -2.02. The molecule has 0 saturated heterocycles. The van der Waals surface area contributed by atoms with Gasteiger partial charge in [-0.2, -0.15) is 0 Å². The van der Waals surface area contributed by atoms with Crippen molar-refractivity contribution in [3.63, 3.8) is 0 Å². The first-order valence-electron chi connectivity index (χ1n) is 5.93. The molecule has 0 aliphatic heterocycles. The zero-order chi connectivity index (χ0) is 11.4. The van der Waals surface area contributed by atoms with Gasteiger partial charge in [0.15, 0.2) is 0 Å². The summed E-state index contributed by atoms with van der Waals surface area (Å²) in [5.74, 6) is 0. The van der Waals surface area contributed by atoms with E-state index in [-0.39, 0.29) is 0 Å². The van der Waals surface area contributed by atoms with Crippen LogP contribution in [-0.4, -0.2) is 12.6 Å². The molecule has 0 atom stereocenters. The van der Waals surface area contributed by atoms with E-state index >= 15 is 0 Å². The van der Waals surface area contributed by atoms with Gasteiger partial charge in [0.2, 0.25) is 0 Å². The molecule has 1 aromatic rings. The monoisotopic (exact) mass is 277 g/mol. The Morgan fingerprint density at radius 1 is 1.25 bits per heavy atom. The van der Waals surface area contributed by atoms with Crippen LogP contribution in [0, 0.1) is 0 Å². The summed E-state index contributed by atoms with van der Waals surface area (Å²) in [5.41, 5.74) is 1.21. The summed E-state index contributed by atoms with van der Waals surface area (Å²) in [4.78, 5) is 0. The summed E-state index contributed by atoms with van der Waals surface area (Å²) in [6.45, 7) is 1.17. The van der Waals surface area contributed by atoms with E-state index in [1.54, 1.807) is 0 Å². The van der Waals surface area contributed by atoms with E-state index in [1.807, 2.05) is 6.07 Å². The smallest absolute Gasteiger partial charge is 0.0976 e. The molecule has 1 saturated carbocycles. The standard InChI is InChI=1S/C12H17Cl2NS/c13-11-8-9(12(14)16-11)4-2-1-3-7-15-10-5-6-10/h8,10,15H,1-7H2. The van der Waals surface area contributed by atoms with Crippen LogP contribution >= 0.6 is 34.5 Å². The Morgan fingerprint density at radius 2 is 2.06 bits per heavy atom. The Hall–Kier alpha value is 0.240. The molecule has 1 heterocycles. The average molecular weight is 278 g/mol. The van der Waals surface area contributed by atoms with Gasteiger partial charge in [-0.05, 0) is 50.3 Å². The molecular formula is C12H17Cl2NS. The fourth-order valence-corrected chi connectivity index (χ4v) is 3.30. The molecule has 2 rings (SSSR count). The van der Waals surface area contributed by atoms with Crippen LogP contribution in [0.25, 0.3) is 0 Å². The molecule has 1 nitrogen and oxygen atoms in total. The van der Waals surface area contributed by atoms with Gasteiger partial charge in [-0.1, -0.05) is 29.6 Å². The van der Waals surface area contributed by atoms with Crippen LogP contribution in [0.4, 0.5) is 0 Å². The van der Waals surface area contributed by atoms with Crippen LogP contribution in [0.1, 0.15) is 37.7 Å². The molecule has 90 valence electrons. The molecule has 1 aliphatic rings. The Balaban J connectivity index is 1.54. The normalized spacial score (nSPS) is 15.6. The summed E-state index contributed by atoms with van der Waals surface area (Å²) in [6, 6.07) is 2.84. The fraction of sp³-hybridized carbons (Fsp3) is 0.667. The third-order valence-electron chi connectivity index (χ3n) is 2.86. The summed E-state index contributed by atoms with van der Waals surface area (Å²) in [5, 5.41) is 3.53. The van der Waals surface area contributed by atoms with Gasteiger partial charge < -0.3 is 5.32 Å². The van der Waals surface area contributed by atoms with Crippen LogP contribution < -0.4 is 5.32 Å². The van der Waals surface area contributed by atoms with Crippen molar-refractivity contribution in [1.82, 2.24) is 5.32 Å². The second-order valence-corrected chi connectivity index (χ2v) is 6.67. The number of rotatable bonds is 7. The molecule has 1 aliphatic carbocycles. The van der Waals surface area contributed by atoms with Crippen molar-refractivity contribution in [2.45, 2.75) is 44.6 Å². The van der Waals surface area contributed by atoms with Crippen LogP contribution in [0.15, 0.2) is 6.07 Å². The summed E-state index contributed by atoms with van der Waals surface area (Å²) in [7, 11) is 0. The highest BCUT2D eigenvalue weighted by Gasteiger charge is 2.19. The third kappa shape index (κ3) is 4.25. The van der Waals surface area contributed by atoms with Gasteiger partial charge in [-0.25, -0.2) is 0 Å². The van der Waals surface area contributed by atoms with E-state index in [0.717, 1.165) is 21.1 Å². The van der Waals surface area contributed by atoms with Gasteiger partial charge in [-0.3, -0.25) is 0 Å². The molecule has 0 radical (unpaired) electrons. The maximum atomic E-state index is 6.06. The molecule has 1 aromatic heterocycles. The minimum absolute atomic E-state index is 0.801. The number of hydrogen-bond donors (Lipinski definition) is 1. The summed E-state index contributed by atoms with van der Waals surface area (Å²) < 4.78 is 1.66. The largest absolute Gasteiger partial charge is 0.314 e. The molecule has 16 heavy (non-hydrogen) atoms. The van der Waals surface area contributed by atoms with Crippen molar-refractivity contribution in [3.8, 4) is 0 Å². The highest BCUT2D eigenvalue weighted by Crippen LogP contribution is 2.32. The van der Waals surface area contributed by atoms with E-state index in [1.165, 1.54) is 55.5 Å². The molecule has 0 amide bonds. The Labute approximate surface area is 111 Å². The first kappa shape index (κ1) is 12.7. The van der Waals surface area contributed by atoms with Crippen molar-refractivity contribution in [2.24, 2.45) is 0 Å². The zero-order valence-electron chi connectivity index (χ0n) is 9.27.